The number of halogens is 1. The maximum absolute atomic E-state index is 9.34. The number of hydrogen-bond acceptors (Lipinski definition) is 4. The summed E-state index contributed by atoms with van der Waals surface area (Å²) in [7, 11) is 0. The van der Waals surface area contributed by atoms with E-state index < -0.39 is 0 Å². The van der Waals surface area contributed by atoms with Gasteiger partial charge in [-0.15, -0.1) is 0 Å². The van der Waals surface area contributed by atoms with Crippen LogP contribution in [0, 0.1) is 5.92 Å². The third kappa shape index (κ3) is 2.97. The molecule has 1 fully saturated rings. The number of aliphatic hydroxyl groups excluding tert-OH is 2. The average molecular weight is 301 g/mol. The minimum Gasteiger partial charge on any atom is -0.396 e. The molecule has 0 saturated carbocycles. The Hall–Kier alpha value is -0.650. The fourth-order valence-corrected chi connectivity index (χ4v) is 2.70. The molecule has 2 N–H and O–H groups in total. The van der Waals surface area contributed by atoms with Crippen LogP contribution in [0.15, 0.2) is 16.7 Å². The SMILES string of the molecule is OCCC1CCN(c2ncc(Br)cc2CO)C1. The molecule has 5 heteroatoms. The van der Waals surface area contributed by atoms with E-state index in [2.05, 4.69) is 25.8 Å². The Labute approximate surface area is 109 Å². The monoisotopic (exact) mass is 300 g/mol. The number of hydrogen-bond donors (Lipinski definition) is 2. The quantitative estimate of drug-likeness (QED) is 0.886. The third-order valence-corrected chi connectivity index (χ3v) is 3.64. The second-order valence-electron chi connectivity index (χ2n) is 4.41. The van der Waals surface area contributed by atoms with Gasteiger partial charge in [0.25, 0.3) is 0 Å². The van der Waals surface area contributed by atoms with Gasteiger partial charge in [0.2, 0.25) is 0 Å². The summed E-state index contributed by atoms with van der Waals surface area (Å²) in [6, 6.07) is 1.90. The molecule has 1 unspecified atom stereocenters. The van der Waals surface area contributed by atoms with Crippen molar-refractivity contribution in [2.75, 3.05) is 24.6 Å². The van der Waals surface area contributed by atoms with Crippen LogP contribution < -0.4 is 4.90 Å². The first-order chi connectivity index (χ1) is 8.24. The van der Waals surface area contributed by atoms with Crippen LogP contribution in [0.25, 0.3) is 0 Å². The van der Waals surface area contributed by atoms with Gasteiger partial charge in [0.15, 0.2) is 0 Å². The number of rotatable bonds is 4. The molecule has 0 spiro atoms. The van der Waals surface area contributed by atoms with Gasteiger partial charge in [0, 0.05) is 35.9 Å². The predicted octanol–water partition coefficient (Wildman–Crippen LogP) is 1.55. The Balaban J connectivity index is 2.12. The molecule has 0 aliphatic carbocycles. The molecular formula is C12H17BrN2O2. The first-order valence-electron chi connectivity index (χ1n) is 5.85. The minimum atomic E-state index is 0.00292. The zero-order chi connectivity index (χ0) is 12.3. The van der Waals surface area contributed by atoms with Gasteiger partial charge in [0.1, 0.15) is 5.82 Å². The second-order valence-corrected chi connectivity index (χ2v) is 5.32. The highest BCUT2D eigenvalue weighted by molar-refractivity contribution is 9.10. The lowest BCUT2D eigenvalue weighted by molar-refractivity contribution is 0.263. The van der Waals surface area contributed by atoms with E-state index >= 15 is 0 Å². The molecule has 0 radical (unpaired) electrons. The standard InChI is InChI=1S/C12H17BrN2O2/c13-11-5-10(8-17)12(14-6-11)15-3-1-9(7-15)2-4-16/h5-6,9,16-17H,1-4,7-8H2. The lowest BCUT2D eigenvalue weighted by Crippen LogP contribution is -2.22. The molecule has 4 nitrogen and oxygen atoms in total. The van der Waals surface area contributed by atoms with E-state index in [1.807, 2.05) is 6.07 Å². The van der Waals surface area contributed by atoms with Crippen LogP contribution in [0.3, 0.4) is 0 Å². The lowest BCUT2D eigenvalue weighted by atomic mass is 10.1. The van der Waals surface area contributed by atoms with Crippen LogP contribution >= 0.6 is 15.9 Å². The van der Waals surface area contributed by atoms with E-state index in [9.17, 15) is 5.11 Å². The fourth-order valence-electron chi connectivity index (χ4n) is 2.32. The second kappa shape index (κ2) is 5.80. The fraction of sp³-hybridized carbons (Fsp3) is 0.583. The molecule has 94 valence electrons. The van der Waals surface area contributed by atoms with Crippen LogP contribution in [-0.2, 0) is 6.61 Å². The van der Waals surface area contributed by atoms with Crippen molar-refractivity contribution in [3.05, 3.63) is 22.3 Å². The van der Waals surface area contributed by atoms with Crippen molar-refractivity contribution >= 4 is 21.7 Å². The van der Waals surface area contributed by atoms with Crippen molar-refractivity contribution in [1.82, 2.24) is 4.98 Å². The summed E-state index contributed by atoms with van der Waals surface area (Å²) in [5.41, 5.74) is 0.851. The van der Waals surface area contributed by atoms with Crippen molar-refractivity contribution in [3.63, 3.8) is 0 Å². The Morgan fingerprint density at radius 2 is 2.29 bits per heavy atom. The molecule has 1 aliphatic rings. The topological polar surface area (TPSA) is 56.6 Å². The molecule has 1 aromatic heterocycles. The van der Waals surface area contributed by atoms with Crippen LogP contribution in [0.4, 0.5) is 5.82 Å². The van der Waals surface area contributed by atoms with Gasteiger partial charge in [-0.1, -0.05) is 0 Å². The summed E-state index contributed by atoms with van der Waals surface area (Å²) in [4.78, 5) is 6.57. The predicted molar refractivity (Wildman–Crippen MR) is 69.9 cm³/mol. The van der Waals surface area contributed by atoms with E-state index in [4.69, 9.17) is 5.11 Å². The van der Waals surface area contributed by atoms with Gasteiger partial charge in [-0.2, -0.15) is 0 Å². The maximum atomic E-state index is 9.34. The van der Waals surface area contributed by atoms with Gasteiger partial charge in [-0.3, -0.25) is 0 Å². The third-order valence-electron chi connectivity index (χ3n) is 3.20. The molecule has 1 atom stereocenters. The van der Waals surface area contributed by atoms with Crippen molar-refractivity contribution in [2.45, 2.75) is 19.4 Å². The Bertz CT molecular complexity index is 387. The summed E-state index contributed by atoms with van der Waals surface area (Å²) in [6.45, 7) is 2.12. The number of aromatic nitrogens is 1. The molecule has 1 aliphatic heterocycles. The molecular weight excluding hydrogens is 284 g/mol. The van der Waals surface area contributed by atoms with E-state index in [-0.39, 0.29) is 13.2 Å². The first kappa shape index (κ1) is 12.8. The van der Waals surface area contributed by atoms with Crippen LogP contribution in [-0.4, -0.2) is 34.9 Å². The normalized spacial score (nSPS) is 19.9. The zero-order valence-electron chi connectivity index (χ0n) is 9.64. The number of aliphatic hydroxyl groups is 2. The zero-order valence-corrected chi connectivity index (χ0v) is 11.2. The summed E-state index contributed by atoms with van der Waals surface area (Å²) in [5, 5.41) is 18.3. The highest BCUT2D eigenvalue weighted by atomic mass is 79.9. The molecule has 2 rings (SSSR count). The van der Waals surface area contributed by atoms with E-state index in [1.54, 1.807) is 6.20 Å². The summed E-state index contributed by atoms with van der Waals surface area (Å²) >= 11 is 3.36. The van der Waals surface area contributed by atoms with Gasteiger partial charge in [0.05, 0.1) is 6.61 Å². The lowest BCUT2D eigenvalue weighted by Gasteiger charge is -2.20. The number of pyridine rings is 1. The molecule has 1 aromatic rings. The number of nitrogens with zero attached hydrogens (tertiary/aromatic N) is 2. The average Bonchev–Trinajstić information content (AvgIpc) is 2.78. The van der Waals surface area contributed by atoms with Crippen LogP contribution in [0.5, 0.6) is 0 Å². The highest BCUT2D eigenvalue weighted by Crippen LogP contribution is 2.28. The smallest absolute Gasteiger partial charge is 0.134 e. The number of anilines is 1. The van der Waals surface area contributed by atoms with E-state index in [0.29, 0.717) is 5.92 Å². The van der Waals surface area contributed by atoms with Gasteiger partial charge < -0.3 is 15.1 Å². The minimum absolute atomic E-state index is 0.00292. The van der Waals surface area contributed by atoms with Crippen LogP contribution in [0.1, 0.15) is 18.4 Å². The van der Waals surface area contributed by atoms with Gasteiger partial charge >= 0.3 is 0 Å². The largest absolute Gasteiger partial charge is 0.396 e. The maximum Gasteiger partial charge on any atom is 0.134 e. The van der Waals surface area contributed by atoms with Crippen LogP contribution in [0.2, 0.25) is 0 Å². The molecule has 1 saturated heterocycles. The molecule has 0 amide bonds. The van der Waals surface area contributed by atoms with Gasteiger partial charge in [-0.25, -0.2) is 4.98 Å². The van der Waals surface area contributed by atoms with Gasteiger partial charge in [-0.05, 0) is 40.8 Å². The van der Waals surface area contributed by atoms with Crippen molar-refractivity contribution < 1.29 is 10.2 Å². The summed E-state index contributed by atoms with van der Waals surface area (Å²) < 4.78 is 0.886. The Morgan fingerprint density at radius 3 is 3.00 bits per heavy atom. The van der Waals surface area contributed by atoms with Crippen molar-refractivity contribution in [1.29, 1.82) is 0 Å². The summed E-state index contributed by atoms with van der Waals surface area (Å²) in [6.07, 6.45) is 3.69. The Morgan fingerprint density at radius 1 is 1.47 bits per heavy atom. The molecule has 0 bridgehead atoms. The highest BCUT2D eigenvalue weighted by Gasteiger charge is 2.24. The van der Waals surface area contributed by atoms with Crippen molar-refractivity contribution in [3.8, 4) is 0 Å². The van der Waals surface area contributed by atoms with E-state index in [1.165, 1.54) is 0 Å². The van der Waals surface area contributed by atoms with Crippen molar-refractivity contribution in [2.24, 2.45) is 5.92 Å². The Kier molecular flexibility index (Phi) is 4.36. The summed E-state index contributed by atoms with van der Waals surface area (Å²) in [5.74, 6) is 1.41. The molecule has 0 aromatic carbocycles. The van der Waals surface area contributed by atoms with E-state index in [0.717, 1.165) is 41.8 Å². The molecule has 17 heavy (non-hydrogen) atoms. The molecule has 2 heterocycles. The first-order valence-corrected chi connectivity index (χ1v) is 6.65.